The number of anilines is 1. The Morgan fingerprint density at radius 3 is 2.94 bits per heavy atom. The van der Waals surface area contributed by atoms with Crippen molar-refractivity contribution < 1.29 is 4.74 Å². The van der Waals surface area contributed by atoms with Crippen LogP contribution in [0.25, 0.3) is 5.82 Å². The van der Waals surface area contributed by atoms with Crippen molar-refractivity contribution in [2.24, 2.45) is 5.84 Å². The Labute approximate surface area is 112 Å². The molecule has 0 saturated heterocycles. The molecule has 2 aromatic heterocycles. The zero-order valence-electron chi connectivity index (χ0n) is 9.09. The van der Waals surface area contributed by atoms with Gasteiger partial charge in [-0.15, -0.1) is 0 Å². The molecule has 0 amide bonds. The standard InChI is InChI=1S/C9H11IN6O/c1-17-5-8-13-7(15-11)2-9(14-8)16-4-6(10)3-12-16/h2-4H,5,11H2,1H3,(H,13,14,15). The fourth-order valence-electron chi connectivity index (χ4n) is 1.29. The second-order valence-electron chi connectivity index (χ2n) is 3.21. The topological polar surface area (TPSA) is 90.9 Å². The van der Waals surface area contributed by atoms with Gasteiger partial charge < -0.3 is 10.2 Å². The third-order valence-corrected chi connectivity index (χ3v) is 2.52. The number of halogens is 1. The summed E-state index contributed by atoms with van der Waals surface area (Å²) in [4.78, 5) is 8.48. The number of methoxy groups -OCH3 is 1. The first kappa shape index (κ1) is 12.2. The minimum absolute atomic E-state index is 0.320. The van der Waals surface area contributed by atoms with E-state index in [1.54, 1.807) is 24.1 Å². The Balaban J connectivity index is 2.42. The van der Waals surface area contributed by atoms with E-state index in [1.165, 1.54) is 0 Å². The molecule has 0 spiro atoms. The van der Waals surface area contributed by atoms with Crippen molar-refractivity contribution in [3.63, 3.8) is 0 Å². The summed E-state index contributed by atoms with van der Waals surface area (Å²) in [5, 5.41) is 4.17. The van der Waals surface area contributed by atoms with E-state index in [2.05, 4.69) is 43.1 Å². The maximum atomic E-state index is 5.35. The van der Waals surface area contributed by atoms with E-state index < -0.39 is 0 Å². The fourth-order valence-corrected chi connectivity index (χ4v) is 1.68. The molecule has 0 bridgehead atoms. The van der Waals surface area contributed by atoms with Crippen LogP contribution in [0.4, 0.5) is 5.82 Å². The molecular formula is C9H11IN6O. The molecule has 0 aromatic carbocycles. The van der Waals surface area contributed by atoms with E-state index in [4.69, 9.17) is 10.6 Å². The van der Waals surface area contributed by atoms with Crippen LogP contribution in [0.5, 0.6) is 0 Å². The molecule has 0 aliphatic carbocycles. The highest BCUT2D eigenvalue weighted by atomic mass is 127. The number of nitrogens with zero attached hydrogens (tertiary/aromatic N) is 4. The average molecular weight is 346 g/mol. The lowest BCUT2D eigenvalue weighted by Gasteiger charge is -2.06. The summed E-state index contributed by atoms with van der Waals surface area (Å²) in [6.45, 7) is 0.320. The van der Waals surface area contributed by atoms with E-state index in [9.17, 15) is 0 Å². The van der Waals surface area contributed by atoms with Crippen LogP contribution < -0.4 is 11.3 Å². The van der Waals surface area contributed by atoms with Crippen LogP contribution in [0.15, 0.2) is 18.5 Å². The summed E-state index contributed by atoms with van der Waals surface area (Å²) in [6.07, 6.45) is 3.61. The maximum absolute atomic E-state index is 5.35. The molecule has 90 valence electrons. The quantitative estimate of drug-likeness (QED) is 0.481. The van der Waals surface area contributed by atoms with E-state index >= 15 is 0 Å². The molecule has 0 aliphatic heterocycles. The zero-order chi connectivity index (χ0) is 12.3. The van der Waals surface area contributed by atoms with Gasteiger partial charge in [-0.1, -0.05) is 0 Å². The number of rotatable bonds is 4. The van der Waals surface area contributed by atoms with Crippen molar-refractivity contribution in [2.45, 2.75) is 6.61 Å². The first-order valence-electron chi connectivity index (χ1n) is 4.77. The summed E-state index contributed by atoms with van der Waals surface area (Å²) < 4.78 is 7.68. The SMILES string of the molecule is COCc1nc(NN)cc(-n2cc(I)cn2)n1. The van der Waals surface area contributed by atoms with Crippen molar-refractivity contribution in [3.05, 3.63) is 27.9 Å². The lowest BCUT2D eigenvalue weighted by atomic mass is 10.5. The Kier molecular flexibility index (Phi) is 3.86. The summed E-state index contributed by atoms with van der Waals surface area (Å²) in [7, 11) is 1.59. The zero-order valence-corrected chi connectivity index (χ0v) is 11.2. The summed E-state index contributed by atoms with van der Waals surface area (Å²) in [6, 6.07) is 1.71. The van der Waals surface area contributed by atoms with Gasteiger partial charge in [-0.25, -0.2) is 20.5 Å². The van der Waals surface area contributed by atoms with Crippen molar-refractivity contribution in [2.75, 3.05) is 12.5 Å². The Hall–Kier alpha value is -1.26. The average Bonchev–Trinajstić information content (AvgIpc) is 2.76. The van der Waals surface area contributed by atoms with Crippen LogP contribution >= 0.6 is 22.6 Å². The first-order valence-corrected chi connectivity index (χ1v) is 5.85. The van der Waals surface area contributed by atoms with Gasteiger partial charge in [-0.2, -0.15) is 5.10 Å². The summed E-state index contributed by atoms with van der Waals surface area (Å²) in [5.74, 6) is 7.06. The van der Waals surface area contributed by atoms with Gasteiger partial charge in [0.2, 0.25) is 0 Å². The van der Waals surface area contributed by atoms with E-state index in [1.807, 2.05) is 6.20 Å². The summed E-state index contributed by atoms with van der Waals surface area (Å²) in [5.41, 5.74) is 2.49. The van der Waals surface area contributed by atoms with Gasteiger partial charge in [0.25, 0.3) is 0 Å². The van der Waals surface area contributed by atoms with E-state index in [0.717, 1.165) is 3.57 Å². The molecule has 0 unspecified atom stereocenters. The maximum Gasteiger partial charge on any atom is 0.159 e. The van der Waals surface area contributed by atoms with Gasteiger partial charge >= 0.3 is 0 Å². The minimum atomic E-state index is 0.320. The third kappa shape index (κ3) is 2.90. The highest BCUT2D eigenvalue weighted by Crippen LogP contribution is 2.12. The second-order valence-corrected chi connectivity index (χ2v) is 4.45. The Morgan fingerprint density at radius 1 is 1.53 bits per heavy atom. The lowest BCUT2D eigenvalue weighted by Crippen LogP contribution is -2.13. The van der Waals surface area contributed by atoms with E-state index in [-0.39, 0.29) is 0 Å². The number of nitrogens with two attached hydrogens (primary N) is 1. The predicted octanol–water partition coefficient (Wildman–Crippen LogP) is 0.699. The van der Waals surface area contributed by atoms with Crippen molar-refractivity contribution >= 4 is 28.4 Å². The van der Waals surface area contributed by atoms with Gasteiger partial charge in [0.15, 0.2) is 11.6 Å². The molecule has 8 heteroatoms. The van der Waals surface area contributed by atoms with Gasteiger partial charge in [-0.3, -0.25) is 0 Å². The largest absolute Gasteiger partial charge is 0.377 e. The molecule has 0 aliphatic rings. The van der Waals surface area contributed by atoms with Crippen molar-refractivity contribution in [1.82, 2.24) is 19.7 Å². The number of aromatic nitrogens is 4. The van der Waals surface area contributed by atoms with Crippen molar-refractivity contribution in [1.29, 1.82) is 0 Å². The van der Waals surface area contributed by atoms with E-state index in [0.29, 0.717) is 24.1 Å². The number of nitrogen functional groups attached to an aromatic ring is 1. The number of ether oxygens (including phenoxy) is 1. The summed E-state index contributed by atoms with van der Waals surface area (Å²) >= 11 is 2.18. The number of nitrogens with one attached hydrogen (secondary N) is 1. The molecule has 2 heterocycles. The molecule has 0 saturated carbocycles. The van der Waals surface area contributed by atoms with Crippen molar-refractivity contribution in [3.8, 4) is 5.82 Å². The second kappa shape index (κ2) is 5.38. The predicted molar refractivity (Wildman–Crippen MR) is 70.4 cm³/mol. The Bertz CT molecular complexity index is 514. The molecule has 17 heavy (non-hydrogen) atoms. The van der Waals surface area contributed by atoms with Gasteiger partial charge in [0.05, 0.1) is 9.77 Å². The highest BCUT2D eigenvalue weighted by molar-refractivity contribution is 14.1. The molecule has 7 nitrogen and oxygen atoms in total. The first-order chi connectivity index (χ1) is 8.22. The molecular weight excluding hydrogens is 335 g/mol. The third-order valence-electron chi connectivity index (χ3n) is 1.97. The number of hydrogen-bond acceptors (Lipinski definition) is 6. The molecule has 3 N–H and O–H groups in total. The molecule has 0 radical (unpaired) electrons. The fraction of sp³-hybridized carbons (Fsp3) is 0.222. The molecule has 0 fully saturated rings. The van der Waals surface area contributed by atoms with Crippen LogP contribution in [0.2, 0.25) is 0 Å². The smallest absolute Gasteiger partial charge is 0.159 e. The normalized spacial score (nSPS) is 10.5. The van der Waals surface area contributed by atoms with Gasteiger partial charge in [0, 0.05) is 19.4 Å². The monoisotopic (exact) mass is 346 g/mol. The number of hydrogen-bond donors (Lipinski definition) is 2. The van der Waals surface area contributed by atoms with Crippen LogP contribution in [-0.2, 0) is 11.3 Å². The molecule has 0 atom stereocenters. The van der Waals surface area contributed by atoms with Crippen LogP contribution in [0.3, 0.4) is 0 Å². The van der Waals surface area contributed by atoms with Crippen LogP contribution in [0, 0.1) is 3.57 Å². The highest BCUT2D eigenvalue weighted by Gasteiger charge is 2.06. The molecule has 2 aromatic rings. The van der Waals surface area contributed by atoms with Crippen LogP contribution in [0.1, 0.15) is 5.82 Å². The minimum Gasteiger partial charge on any atom is -0.377 e. The number of hydrazine groups is 1. The van der Waals surface area contributed by atoms with Gasteiger partial charge in [0.1, 0.15) is 12.4 Å². The Morgan fingerprint density at radius 2 is 2.35 bits per heavy atom. The lowest BCUT2D eigenvalue weighted by molar-refractivity contribution is 0.178. The van der Waals surface area contributed by atoms with Gasteiger partial charge in [-0.05, 0) is 22.6 Å². The van der Waals surface area contributed by atoms with Crippen LogP contribution in [-0.4, -0.2) is 26.9 Å². The molecule has 2 rings (SSSR count).